The van der Waals surface area contributed by atoms with E-state index < -0.39 is 6.04 Å². The van der Waals surface area contributed by atoms with Gasteiger partial charge in [0.25, 0.3) is 0 Å². The first-order chi connectivity index (χ1) is 9.56. The van der Waals surface area contributed by atoms with E-state index in [0.717, 1.165) is 5.69 Å². The number of para-hydroxylation sites is 1. The first kappa shape index (κ1) is 14.5. The van der Waals surface area contributed by atoms with Crippen molar-refractivity contribution in [2.24, 2.45) is 0 Å². The summed E-state index contributed by atoms with van der Waals surface area (Å²) in [5.74, 6) is -0.490. The summed E-state index contributed by atoms with van der Waals surface area (Å²) in [7, 11) is 0. The fourth-order valence-electron chi connectivity index (χ4n) is 1.68. The van der Waals surface area contributed by atoms with E-state index in [1.807, 2.05) is 30.3 Å². The third-order valence-corrected chi connectivity index (χ3v) is 3.39. The van der Waals surface area contributed by atoms with Crippen LogP contribution in [0.3, 0.4) is 0 Å². The van der Waals surface area contributed by atoms with Crippen LogP contribution in [0.2, 0.25) is 0 Å². The minimum absolute atomic E-state index is 0.160. The third-order valence-electron chi connectivity index (χ3n) is 2.74. The standard InChI is InChI=1S/C15H14BrFN2O/c1-10(15(20)19-12-5-3-2-4-6-12)18-14-8-7-11(17)9-13(14)16/h2-10,18H,1H3,(H,19,20). The van der Waals surface area contributed by atoms with Crippen molar-refractivity contribution in [1.82, 2.24) is 0 Å². The van der Waals surface area contributed by atoms with E-state index >= 15 is 0 Å². The minimum Gasteiger partial charge on any atom is -0.373 e. The van der Waals surface area contributed by atoms with Crippen molar-refractivity contribution >= 4 is 33.2 Å². The van der Waals surface area contributed by atoms with Crippen LogP contribution in [-0.4, -0.2) is 11.9 Å². The van der Waals surface area contributed by atoms with E-state index in [4.69, 9.17) is 0 Å². The highest BCUT2D eigenvalue weighted by molar-refractivity contribution is 9.10. The number of carbonyl (C=O) groups excluding carboxylic acids is 1. The van der Waals surface area contributed by atoms with Gasteiger partial charge in [-0.15, -0.1) is 0 Å². The zero-order valence-corrected chi connectivity index (χ0v) is 12.4. The zero-order valence-electron chi connectivity index (χ0n) is 10.9. The average Bonchev–Trinajstić information content (AvgIpc) is 2.43. The summed E-state index contributed by atoms with van der Waals surface area (Å²) in [6.07, 6.45) is 0. The largest absolute Gasteiger partial charge is 0.373 e. The number of benzene rings is 2. The molecule has 104 valence electrons. The fraction of sp³-hybridized carbons (Fsp3) is 0.133. The third kappa shape index (κ3) is 3.81. The lowest BCUT2D eigenvalue weighted by Crippen LogP contribution is -2.31. The molecule has 2 N–H and O–H groups in total. The summed E-state index contributed by atoms with van der Waals surface area (Å²) in [5, 5.41) is 5.83. The minimum atomic E-state index is -0.447. The number of carbonyl (C=O) groups is 1. The molecule has 5 heteroatoms. The molecule has 0 aromatic heterocycles. The van der Waals surface area contributed by atoms with E-state index in [1.54, 1.807) is 13.0 Å². The van der Waals surface area contributed by atoms with E-state index in [0.29, 0.717) is 10.2 Å². The van der Waals surface area contributed by atoms with Gasteiger partial charge in [0.15, 0.2) is 0 Å². The van der Waals surface area contributed by atoms with Gasteiger partial charge in [-0.05, 0) is 53.2 Å². The van der Waals surface area contributed by atoms with Crippen LogP contribution in [0.25, 0.3) is 0 Å². The van der Waals surface area contributed by atoms with Crippen LogP contribution in [0, 0.1) is 5.82 Å². The second kappa shape index (κ2) is 6.52. The van der Waals surface area contributed by atoms with E-state index in [9.17, 15) is 9.18 Å². The van der Waals surface area contributed by atoms with Crippen LogP contribution >= 0.6 is 15.9 Å². The first-order valence-electron chi connectivity index (χ1n) is 6.14. The molecule has 0 fully saturated rings. The van der Waals surface area contributed by atoms with Gasteiger partial charge < -0.3 is 10.6 Å². The maximum absolute atomic E-state index is 13.0. The number of hydrogen-bond acceptors (Lipinski definition) is 2. The Morgan fingerprint density at radius 2 is 1.90 bits per heavy atom. The molecule has 2 aromatic carbocycles. The molecule has 1 unspecified atom stereocenters. The van der Waals surface area contributed by atoms with Gasteiger partial charge in [0.2, 0.25) is 5.91 Å². The summed E-state index contributed by atoms with van der Waals surface area (Å²) in [5.41, 5.74) is 1.41. The molecular weight excluding hydrogens is 323 g/mol. The van der Waals surface area contributed by atoms with Crippen LogP contribution < -0.4 is 10.6 Å². The molecule has 0 aliphatic carbocycles. The van der Waals surface area contributed by atoms with E-state index in [1.165, 1.54) is 12.1 Å². The molecule has 2 aromatic rings. The molecule has 20 heavy (non-hydrogen) atoms. The Morgan fingerprint density at radius 1 is 1.20 bits per heavy atom. The molecule has 3 nitrogen and oxygen atoms in total. The van der Waals surface area contributed by atoms with Gasteiger partial charge in [-0.25, -0.2) is 4.39 Å². The Bertz CT molecular complexity index is 604. The maximum atomic E-state index is 13.0. The van der Waals surface area contributed by atoms with Crippen LogP contribution in [-0.2, 0) is 4.79 Å². The van der Waals surface area contributed by atoms with Gasteiger partial charge in [0.05, 0.1) is 0 Å². The molecule has 1 atom stereocenters. The number of halogens is 2. The topological polar surface area (TPSA) is 41.1 Å². The Labute approximate surface area is 125 Å². The predicted molar refractivity (Wildman–Crippen MR) is 82.3 cm³/mol. The van der Waals surface area contributed by atoms with E-state index in [2.05, 4.69) is 26.6 Å². The van der Waals surface area contributed by atoms with E-state index in [-0.39, 0.29) is 11.7 Å². The summed E-state index contributed by atoms with van der Waals surface area (Å²) in [6.45, 7) is 1.74. The fourth-order valence-corrected chi connectivity index (χ4v) is 2.14. The Balaban J connectivity index is 2.00. The lowest BCUT2D eigenvalue weighted by molar-refractivity contribution is -0.116. The van der Waals surface area contributed by atoms with Gasteiger partial charge >= 0.3 is 0 Å². The molecule has 0 spiro atoms. The number of anilines is 2. The van der Waals surface area contributed by atoms with Crippen LogP contribution in [0.5, 0.6) is 0 Å². The van der Waals surface area contributed by atoms with Crippen LogP contribution in [0.4, 0.5) is 15.8 Å². The molecule has 1 amide bonds. The molecule has 0 heterocycles. The van der Waals surface area contributed by atoms with Gasteiger partial charge in [-0.3, -0.25) is 4.79 Å². The number of rotatable bonds is 4. The van der Waals surface area contributed by atoms with Gasteiger partial charge in [-0.1, -0.05) is 18.2 Å². The smallest absolute Gasteiger partial charge is 0.246 e. The molecule has 2 rings (SSSR count). The van der Waals surface area contributed by atoms with Gasteiger partial charge in [0.1, 0.15) is 11.9 Å². The lowest BCUT2D eigenvalue weighted by Gasteiger charge is -2.16. The Hall–Kier alpha value is -1.88. The van der Waals surface area contributed by atoms with Crippen LogP contribution in [0.15, 0.2) is 53.0 Å². The van der Waals surface area contributed by atoms with Gasteiger partial charge in [-0.2, -0.15) is 0 Å². The zero-order chi connectivity index (χ0) is 14.5. The van der Waals surface area contributed by atoms with Crippen molar-refractivity contribution in [2.75, 3.05) is 10.6 Å². The SMILES string of the molecule is CC(Nc1ccc(F)cc1Br)C(=O)Nc1ccccc1. The summed E-state index contributed by atoms with van der Waals surface area (Å²) in [6, 6.07) is 13.1. The Kier molecular flexibility index (Phi) is 4.74. The summed E-state index contributed by atoms with van der Waals surface area (Å²) < 4.78 is 13.6. The number of amides is 1. The molecule has 0 aliphatic rings. The van der Waals surface area contributed by atoms with Gasteiger partial charge in [0, 0.05) is 15.8 Å². The summed E-state index contributed by atoms with van der Waals surface area (Å²) >= 11 is 3.26. The van der Waals surface area contributed by atoms with Crippen molar-refractivity contribution in [2.45, 2.75) is 13.0 Å². The molecule has 0 radical (unpaired) electrons. The van der Waals surface area contributed by atoms with Crippen molar-refractivity contribution in [1.29, 1.82) is 0 Å². The van der Waals surface area contributed by atoms with Crippen molar-refractivity contribution < 1.29 is 9.18 Å². The normalized spacial score (nSPS) is 11.8. The lowest BCUT2D eigenvalue weighted by atomic mass is 10.2. The van der Waals surface area contributed by atoms with Crippen molar-refractivity contribution in [3.63, 3.8) is 0 Å². The van der Waals surface area contributed by atoms with Crippen molar-refractivity contribution in [3.05, 3.63) is 58.8 Å². The average molecular weight is 337 g/mol. The maximum Gasteiger partial charge on any atom is 0.246 e. The molecule has 0 aliphatic heterocycles. The first-order valence-corrected chi connectivity index (χ1v) is 6.93. The second-order valence-electron chi connectivity index (χ2n) is 4.35. The summed E-state index contributed by atoms with van der Waals surface area (Å²) in [4.78, 5) is 12.0. The quantitative estimate of drug-likeness (QED) is 0.885. The highest BCUT2D eigenvalue weighted by Gasteiger charge is 2.14. The van der Waals surface area contributed by atoms with Crippen LogP contribution in [0.1, 0.15) is 6.92 Å². The number of hydrogen-bond donors (Lipinski definition) is 2. The molecular formula is C15H14BrFN2O. The van der Waals surface area contributed by atoms with Crippen molar-refractivity contribution in [3.8, 4) is 0 Å². The molecule has 0 saturated carbocycles. The highest BCUT2D eigenvalue weighted by Crippen LogP contribution is 2.23. The monoisotopic (exact) mass is 336 g/mol. The molecule has 0 saturated heterocycles. The highest BCUT2D eigenvalue weighted by atomic mass is 79.9. The Morgan fingerprint density at radius 3 is 2.55 bits per heavy atom. The predicted octanol–water partition coefficient (Wildman–Crippen LogP) is 4.03. The number of nitrogens with one attached hydrogen (secondary N) is 2. The molecule has 0 bridgehead atoms. The second-order valence-corrected chi connectivity index (χ2v) is 5.20.